The van der Waals surface area contributed by atoms with Gasteiger partial charge in [-0.2, -0.15) is 5.10 Å². The molecule has 174 valence electrons. The zero-order valence-corrected chi connectivity index (χ0v) is 19.9. The normalized spacial score (nSPS) is 11.7. The smallest absolute Gasteiger partial charge is 0.260 e. The summed E-state index contributed by atoms with van der Waals surface area (Å²) in [4.78, 5) is 12.5. The van der Waals surface area contributed by atoms with Crippen LogP contribution in [0.4, 0.5) is 10.1 Å². The van der Waals surface area contributed by atoms with E-state index >= 15 is 0 Å². The standard InChI is InChI=1S/C24H27FN4O3S/c1-5-19-10-6-8-12-22(19)28(33(4,31)32)16-24(30)27-26-15-20-14-17(2)29(18(20)3)23-13-9-7-11-21(23)25/h6-15H,5,16H2,1-4H3,(H,27,30)/b26-15-. The van der Waals surface area contributed by atoms with Crippen LogP contribution in [0.1, 0.15) is 29.4 Å². The van der Waals surface area contributed by atoms with Crippen molar-refractivity contribution < 1.29 is 17.6 Å². The molecule has 0 aliphatic rings. The molecule has 7 nitrogen and oxygen atoms in total. The third-order valence-corrected chi connectivity index (χ3v) is 6.41. The maximum Gasteiger partial charge on any atom is 0.260 e. The zero-order valence-electron chi connectivity index (χ0n) is 19.0. The number of carbonyl (C=O) groups excluding carboxylic acids is 1. The molecule has 1 aromatic heterocycles. The number of carbonyl (C=O) groups is 1. The van der Waals surface area contributed by atoms with Crippen LogP contribution < -0.4 is 9.73 Å². The number of hydrazone groups is 1. The van der Waals surface area contributed by atoms with Crippen molar-refractivity contribution in [3.63, 3.8) is 0 Å². The summed E-state index contributed by atoms with van der Waals surface area (Å²) in [7, 11) is -3.68. The van der Waals surface area contributed by atoms with Crippen LogP contribution in [0, 0.1) is 19.7 Å². The Bertz CT molecular complexity index is 1300. The molecule has 3 rings (SSSR count). The van der Waals surface area contributed by atoms with E-state index in [0.29, 0.717) is 23.4 Å². The fourth-order valence-electron chi connectivity index (χ4n) is 3.70. The highest BCUT2D eigenvalue weighted by Gasteiger charge is 2.22. The first-order valence-corrected chi connectivity index (χ1v) is 12.3. The molecular formula is C24H27FN4O3S. The van der Waals surface area contributed by atoms with Crippen molar-refractivity contribution in [2.45, 2.75) is 27.2 Å². The Morgan fingerprint density at radius 2 is 1.82 bits per heavy atom. The number of nitrogens with one attached hydrogen (secondary N) is 1. The van der Waals surface area contributed by atoms with Crippen molar-refractivity contribution >= 4 is 27.8 Å². The highest BCUT2D eigenvalue weighted by molar-refractivity contribution is 7.92. The van der Waals surface area contributed by atoms with Gasteiger partial charge < -0.3 is 4.57 Å². The van der Waals surface area contributed by atoms with Crippen LogP contribution in [-0.2, 0) is 21.2 Å². The maximum absolute atomic E-state index is 14.2. The molecule has 2 aromatic carbocycles. The monoisotopic (exact) mass is 470 g/mol. The number of halogens is 1. The lowest BCUT2D eigenvalue weighted by Gasteiger charge is -2.23. The van der Waals surface area contributed by atoms with E-state index in [9.17, 15) is 17.6 Å². The van der Waals surface area contributed by atoms with Gasteiger partial charge in [-0.15, -0.1) is 0 Å². The summed E-state index contributed by atoms with van der Waals surface area (Å²) in [6.45, 7) is 5.20. The molecule has 0 saturated heterocycles. The van der Waals surface area contributed by atoms with E-state index in [0.717, 1.165) is 27.5 Å². The van der Waals surface area contributed by atoms with Gasteiger partial charge in [-0.3, -0.25) is 9.10 Å². The van der Waals surface area contributed by atoms with Gasteiger partial charge in [0.2, 0.25) is 10.0 Å². The van der Waals surface area contributed by atoms with Crippen LogP contribution in [-0.4, -0.2) is 37.9 Å². The van der Waals surface area contributed by atoms with Gasteiger partial charge in [0, 0.05) is 17.0 Å². The molecule has 3 aromatic rings. The number of sulfonamides is 1. The lowest BCUT2D eigenvalue weighted by molar-refractivity contribution is -0.119. The first kappa shape index (κ1) is 24.2. The number of amides is 1. The van der Waals surface area contributed by atoms with E-state index in [2.05, 4.69) is 10.5 Å². The first-order valence-electron chi connectivity index (χ1n) is 10.4. The number of benzene rings is 2. The Kier molecular flexibility index (Phi) is 7.33. The maximum atomic E-state index is 14.2. The molecule has 1 heterocycles. The van der Waals surface area contributed by atoms with Crippen molar-refractivity contribution in [1.82, 2.24) is 9.99 Å². The van der Waals surface area contributed by atoms with Crippen molar-refractivity contribution in [1.29, 1.82) is 0 Å². The number of rotatable bonds is 8. The summed E-state index contributed by atoms with van der Waals surface area (Å²) in [5.74, 6) is -0.921. The largest absolute Gasteiger partial charge is 0.315 e. The fourth-order valence-corrected chi connectivity index (χ4v) is 4.58. The van der Waals surface area contributed by atoms with Crippen LogP contribution in [0.2, 0.25) is 0 Å². The molecule has 0 fully saturated rings. The van der Waals surface area contributed by atoms with Crippen molar-refractivity contribution in [2.24, 2.45) is 5.10 Å². The third-order valence-electron chi connectivity index (χ3n) is 5.29. The van der Waals surface area contributed by atoms with Gasteiger partial charge in [-0.05, 0) is 50.1 Å². The number of aromatic nitrogens is 1. The Labute approximate surface area is 193 Å². The minimum absolute atomic E-state index is 0.343. The molecular weight excluding hydrogens is 443 g/mol. The predicted molar refractivity (Wildman–Crippen MR) is 129 cm³/mol. The molecule has 0 spiro atoms. The SMILES string of the molecule is CCc1ccccc1N(CC(=O)N/N=C\c1cc(C)n(-c2ccccc2F)c1C)S(C)(=O)=O. The molecule has 1 amide bonds. The number of hydrogen-bond acceptors (Lipinski definition) is 4. The van der Waals surface area contributed by atoms with Crippen LogP contribution in [0.3, 0.4) is 0 Å². The molecule has 9 heteroatoms. The summed E-state index contributed by atoms with van der Waals surface area (Å²) in [5.41, 5.74) is 6.37. The van der Waals surface area contributed by atoms with Gasteiger partial charge in [-0.25, -0.2) is 18.2 Å². The van der Waals surface area contributed by atoms with Crippen LogP contribution in [0.25, 0.3) is 5.69 Å². The first-order chi connectivity index (χ1) is 15.6. The van der Waals surface area contributed by atoms with Crippen molar-refractivity contribution in [2.75, 3.05) is 17.1 Å². The van der Waals surface area contributed by atoms with Crippen molar-refractivity contribution in [3.05, 3.63) is 82.9 Å². The molecule has 0 bridgehead atoms. The minimum atomic E-state index is -3.68. The van der Waals surface area contributed by atoms with E-state index < -0.39 is 22.5 Å². The summed E-state index contributed by atoms with van der Waals surface area (Å²) >= 11 is 0. The highest BCUT2D eigenvalue weighted by atomic mass is 32.2. The second-order valence-corrected chi connectivity index (χ2v) is 9.57. The summed E-state index contributed by atoms with van der Waals surface area (Å²) in [6.07, 6.45) is 3.15. The van der Waals surface area contributed by atoms with E-state index in [1.807, 2.05) is 39.0 Å². The Morgan fingerprint density at radius 1 is 1.15 bits per heavy atom. The number of hydrogen-bond donors (Lipinski definition) is 1. The number of nitrogens with zero attached hydrogens (tertiary/aromatic N) is 3. The molecule has 33 heavy (non-hydrogen) atoms. The lowest BCUT2D eigenvalue weighted by Crippen LogP contribution is -2.39. The molecule has 0 aliphatic carbocycles. The Morgan fingerprint density at radius 3 is 2.48 bits per heavy atom. The van der Waals surface area contributed by atoms with Gasteiger partial charge in [0.05, 0.1) is 23.8 Å². The minimum Gasteiger partial charge on any atom is -0.315 e. The van der Waals surface area contributed by atoms with Crippen LogP contribution in [0.15, 0.2) is 59.7 Å². The number of aryl methyl sites for hydroxylation is 2. The number of para-hydroxylation sites is 2. The average molecular weight is 471 g/mol. The molecule has 0 radical (unpaired) electrons. The fraction of sp³-hybridized carbons (Fsp3) is 0.250. The highest BCUT2D eigenvalue weighted by Crippen LogP contribution is 2.23. The summed E-state index contributed by atoms with van der Waals surface area (Å²) in [5, 5.41) is 3.99. The molecule has 0 aliphatic heterocycles. The molecule has 0 saturated carbocycles. The second-order valence-electron chi connectivity index (χ2n) is 7.66. The van der Waals surface area contributed by atoms with E-state index in [4.69, 9.17) is 0 Å². The van der Waals surface area contributed by atoms with Gasteiger partial charge in [0.1, 0.15) is 12.4 Å². The van der Waals surface area contributed by atoms with Gasteiger partial charge in [0.15, 0.2) is 0 Å². The summed E-state index contributed by atoms with van der Waals surface area (Å²) in [6, 6.07) is 15.4. The quantitative estimate of drug-likeness (QED) is 0.402. The van der Waals surface area contributed by atoms with Gasteiger partial charge >= 0.3 is 0 Å². The topological polar surface area (TPSA) is 83.8 Å². The van der Waals surface area contributed by atoms with Crippen LogP contribution in [0.5, 0.6) is 0 Å². The van der Waals surface area contributed by atoms with E-state index in [1.165, 1.54) is 12.3 Å². The zero-order chi connectivity index (χ0) is 24.2. The average Bonchev–Trinajstić information content (AvgIpc) is 3.04. The van der Waals surface area contributed by atoms with E-state index in [-0.39, 0.29) is 5.82 Å². The Balaban J connectivity index is 1.77. The van der Waals surface area contributed by atoms with Gasteiger partial charge in [0.25, 0.3) is 5.91 Å². The van der Waals surface area contributed by atoms with Crippen molar-refractivity contribution in [3.8, 4) is 5.69 Å². The number of anilines is 1. The van der Waals surface area contributed by atoms with E-state index in [1.54, 1.807) is 34.9 Å². The molecule has 0 unspecified atom stereocenters. The predicted octanol–water partition coefficient (Wildman–Crippen LogP) is 3.71. The lowest BCUT2D eigenvalue weighted by atomic mass is 10.1. The molecule has 0 atom stereocenters. The third kappa shape index (κ3) is 5.48. The molecule has 1 N–H and O–H groups in total. The van der Waals surface area contributed by atoms with Crippen LogP contribution >= 0.6 is 0 Å². The second kappa shape index (κ2) is 9.99. The van der Waals surface area contributed by atoms with Gasteiger partial charge in [-0.1, -0.05) is 37.3 Å². The Hall–Kier alpha value is -3.46. The summed E-state index contributed by atoms with van der Waals surface area (Å²) < 4.78 is 41.8.